The van der Waals surface area contributed by atoms with Crippen LogP contribution in [0.15, 0.2) is 35.3 Å². The number of rotatable bonds is 3. The van der Waals surface area contributed by atoms with Crippen LogP contribution in [0, 0.1) is 20.8 Å². The number of hydrogen-bond acceptors (Lipinski definition) is 2. The second kappa shape index (κ2) is 15.1. The number of aliphatic imine (C=N–C) groups is 1. The molecular formula is C36H54MgN2O. The van der Waals surface area contributed by atoms with Crippen molar-refractivity contribution in [1.82, 2.24) is 0 Å². The third-order valence-electron chi connectivity index (χ3n) is 8.29. The smallest absolute Gasteiger partial charge is 0.872 e. The summed E-state index contributed by atoms with van der Waals surface area (Å²) >= 11 is 0. The monoisotopic (exact) mass is 554 g/mol. The van der Waals surface area contributed by atoms with Gasteiger partial charge in [0, 0.05) is 0 Å². The number of hydrogen-bond donors (Lipinski definition) is 0. The van der Waals surface area contributed by atoms with Crippen molar-refractivity contribution in [3.8, 4) is 5.75 Å². The fraction of sp³-hybridized carbons (Fsp3) is 0.639. The second-order valence-electron chi connectivity index (χ2n) is 14.1. The quantitative estimate of drug-likeness (QED) is 0.212. The third-order valence-corrected chi connectivity index (χ3v) is 8.29. The van der Waals surface area contributed by atoms with Gasteiger partial charge in [-0.3, -0.25) is 0 Å². The maximum Gasteiger partial charge on any atom is 2.00 e. The summed E-state index contributed by atoms with van der Waals surface area (Å²) in [6, 6.07) is 11.4. The maximum atomic E-state index is 12.3. The summed E-state index contributed by atoms with van der Waals surface area (Å²) in [7, 11) is 0. The van der Waals surface area contributed by atoms with Crippen LogP contribution < -0.4 is 5.11 Å². The van der Waals surface area contributed by atoms with Gasteiger partial charge in [-0.15, -0.1) is 5.75 Å². The fourth-order valence-electron chi connectivity index (χ4n) is 6.18. The van der Waals surface area contributed by atoms with Crippen LogP contribution in [0.4, 0.5) is 0 Å². The summed E-state index contributed by atoms with van der Waals surface area (Å²) < 4.78 is 0. The molecule has 0 bridgehead atoms. The molecule has 0 spiro atoms. The predicted octanol–water partition coefficient (Wildman–Crippen LogP) is 9.37. The van der Waals surface area contributed by atoms with Gasteiger partial charge in [0.25, 0.3) is 0 Å². The van der Waals surface area contributed by atoms with E-state index in [-0.39, 0.29) is 39.6 Å². The van der Waals surface area contributed by atoms with Crippen LogP contribution >= 0.6 is 0 Å². The van der Waals surface area contributed by atoms with Crippen molar-refractivity contribution >= 4 is 28.9 Å². The van der Waals surface area contributed by atoms with Crippen molar-refractivity contribution in [2.24, 2.45) is 4.99 Å². The van der Waals surface area contributed by atoms with Crippen LogP contribution in [-0.4, -0.2) is 41.0 Å². The Hall–Kier alpha value is -1.52. The predicted molar refractivity (Wildman–Crippen MR) is 173 cm³/mol. The van der Waals surface area contributed by atoms with Crippen LogP contribution in [0.25, 0.3) is 5.32 Å². The molecule has 0 N–H and O–H groups in total. The van der Waals surface area contributed by atoms with Gasteiger partial charge in [0.2, 0.25) is 0 Å². The van der Waals surface area contributed by atoms with E-state index in [4.69, 9.17) is 10.3 Å². The maximum absolute atomic E-state index is 12.3. The first-order valence-electron chi connectivity index (χ1n) is 15.4. The van der Waals surface area contributed by atoms with Crippen molar-refractivity contribution in [2.45, 2.75) is 149 Å². The van der Waals surface area contributed by atoms with Gasteiger partial charge in [-0.1, -0.05) is 159 Å². The standard InChI is InChI=1S/C22H33N2.C14H22O.Mg/c1-16-14-17(2)21(18(3)15-16)22(23-19-10-6-4-7-11-19)24-20-12-8-5-9-13-20;1-13(2,3)10-8-7-9-11(12(10)15)14(4,5)6;/h14-15,19-20H,4-13H2,1-3H3;7-9,15H,1-6H3;/q-1;;+2/p-1. The van der Waals surface area contributed by atoms with Crippen molar-refractivity contribution in [3.05, 3.63) is 69.0 Å². The molecule has 4 rings (SSSR count). The van der Waals surface area contributed by atoms with E-state index in [1.54, 1.807) is 0 Å². The summed E-state index contributed by atoms with van der Waals surface area (Å²) in [5, 5.41) is 17.5. The average molecular weight is 555 g/mol. The molecular weight excluding hydrogens is 501 g/mol. The van der Waals surface area contributed by atoms with E-state index < -0.39 is 0 Å². The van der Waals surface area contributed by atoms with Crippen LogP contribution in [0.3, 0.4) is 0 Å². The first kappa shape index (κ1) is 34.7. The fourth-order valence-corrected chi connectivity index (χ4v) is 6.18. The molecule has 4 heteroatoms. The molecule has 2 aromatic rings. The first-order chi connectivity index (χ1) is 18.3. The molecule has 0 atom stereocenters. The normalized spacial score (nSPS) is 17.5. The molecule has 2 aromatic carbocycles. The molecule has 0 amide bonds. The third kappa shape index (κ3) is 9.79. The Bertz CT molecular complexity index is 1060. The molecule has 2 saturated carbocycles. The number of aryl methyl sites for hydroxylation is 3. The molecule has 2 aliphatic rings. The summed E-state index contributed by atoms with van der Waals surface area (Å²) in [6.45, 7) is 19.1. The van der Waals surface area contributed by atoms with Crippen LogP contribution in [-0.2, 0) is 10.8 Å². The van der Waals surface area contributed by atoms with Crippen molar-refractivity contribution in [3.63, 3.8) is 0 Å². The van der Waals surface area contributed by atoms with E-state index >= 15 is 0 Å². The van der Waals surface area contributed by atoms with Gasteiger partial charge >= 0.3 is 23.1 Å². The van der Waals surface area contributed by atoms with E-state index in [1.807, 2.05) is 18.2 Å². The molecule has 3 nitrogen and oxygen atoms in total. The van der Waals surface area contributed by atoms with E-state index in [9.17, 15) is 5.11 Å². The molecule has 0 aromatic heterocycles. The second-order valence-corrected chi connectivity index (χ2v) is 14.1. The summed E-state index contributed by atoms with van der Waals surface area (Å²) in [4.78, 5) is 5.20. The first-order valence-corrected chi connectivity index (χ1v) is 15.4. The minimum Gasteiger partial charge on any atom is -0.872 e. The Morgan fingerprint density at radius 1 is 0.750 bits per heavy atom. The Labute approximate surface area is 262 Å². The molecule has 0 radical (unpaired) electrons. The van der Waals surface area contributed by atoms with Gasteiger partial charge in [-0.2, -0.15) is 0 Å². The number of benzene rings is 2. The van der Waals surface area contributed by atoms with E-state index in [2.05, 4.69) is 74.4 Å². The van der Waals surface area contributed by atoms with E-state index in [0.717, 1.165) is 17.0 Å². The zero-order valence-electron chi connectivity index (χ0n) is 27.1. The van der Waals surface area contributed by atoms with Gasteiger partial charge in [0.15, 0.2) is 0 Å². The van der Waals surface area contributed by atoms with Gasteiger partial charge in [0.1, 0.15) is 0 Å². The summed E-state index contributed by atoms with van der Waals surface area (Å²) in [5.74, 6) is 1.27. The minimum absolute atomic E-state index is 0. The van der Waals surface area contributed by atoms with Crippen molar-refractivity contribution in [2.75, 3.05) is 0 Å². The van der Waals surface area contributed by atoms with Crippen LogP contribution in [0.2, 0.25) is 0 Å². The summed E-state index contributed by atoms with van der Waals surface area (Å²) in [5.41, 5.74) is 6.99. The largest absolute Gasteiger partial charge is 2.00 e. The number of amidine groups is 1. The van der Waals surface area contributed by atoms with Gasteiger partial charge in [-0.05, 0) is 60.4 Å². The number of para-hydroxylation sites is 1. The van der Waals surface area contributed by atoms with Gasteiger partial charge in [-0.25, -0.2) is 0 Å². The van der Waals surface area contributed by atoms with Crippen molar-refractivity contribution in [1.29, 1.82) is 0 Å². The molecule has 0 heterocycles. The molecule has 0 aliphatic heterocycles. The molecule has 0 saturated heterocycles. The zero-order chi connectivity index (χ0) is 28.8. The molecule has 216 valence electrons. The SMILES string of the molecule is CC(C)(C)c1cccc(C(C)(C)C)c1[O-].Cc1cc(C)c(C(=NC2CCCCC2)[N-]C2CCCCC2)c(C)c1.[Mg+2]. The topological polar surface area (TPSA) is 49.5 Å². The van der Waals surface area contributed by atoms with Crippen LogP contribution in [0.5, 0.6) is 5.75 Å². The zero-order valence-corrected chi connectivity index (χ0v) is 28.5. The molecule has 2 fully saturated rings. The summed E-state index contributed by atoms with van der Waals surface area (Å²) in [6.07, 6.45) is 13.1. The minimum atomic E-state index is -0.0711. The Morgan fingerprint density at radius 2 is 1.20 bits per heavy atom. The Kier molecular flexibility index (Phi) is 13.1. The van der Waals surface area contributed by atoms with E-state index in [0.29, 0.717) is 12.1 Å². The Balaban J connectivity index is 0.000000304. The number of nitrogens with zero attached hydrogens (tertiary/aromatic N) is 2. The van der Waals surface area contributed by atoms with E-state index in [1.165, 1.54) is 86.5 Å². The van der Waals surface area contributed by atoms with Crippen molar-refractivity contribution < 1.29 is 5.11 Å². The van der Waals surface area contributed by atoms with Crippen LogP contribution in [0.1, 0.15) is 139 Å². The molecule has 40 heavy (non-hydrogen) atoms. The molecule has 0 unspecified atom stereocenters. The Morgan fingerprint density at radius 3 is 1.65 bits per heavy atom. The molecule has 2 aliphatic carbocycles. The van der Waals surface area contributed by atoms with Gasteiger partial charge in [0.05, 0.1) is 0 Å². The van der Waals surface area contributed by atoms with Gasteiger partial charge < -0.3 is 15.4 Å². The average Bonchev–Trinajstić information content (AvgIpc) is 2.84.